The Morgan fingerprint density at radius 2 is 1.60 bits per heavy atom. The molecule has 0 aromatic heterocycles. The molecule has 0 saturated heterocycles. The number of hydrogen-bond acceptors (Lipinski definition) is 4. The quantitative estimate of drug-likeness (QED) is 0.453. The highest BCUT2D eigenvalue weighted by Crippen LogP contribution is 2.44. The van der Waals surface area contributed by atoms with Crippen LogP contribution in [0.4, 0.5) is 10.5 Å². The molecule has 1 saturated carbocycles. The fourth-order valence-corrected chi connectivity index (χ4v) is 4.74. The molecular weight excluding hydrogens is 444 g/mol. The van der Waals surface area contributed by atoms with E-state index in [1.165, 1.54) is 12.1 Å². The van der Waals surface area contributed by atoms with Gasteiger partial charge in [0, 0.05) is 11.6 Å². The summed E-state index contributed by atoms with van der Waals surface area (Å²) in [6.45, 7) is 1.90. The molecule has 3 aromatic carbocycles. The maximum atomic E-state index is 13.0. The molecule has 0 aliphatic heterocycles. The van der Waals surface area contributed by atoms with Crippen molar-refractivity contribution in [3.05, 3.63) is 89.0 Å². The topological polar surface area (TPSA) is 105 Å². The van der Waals surface area contributed by atoms with Crippen molar-refractivity contribution < 1.29 is 24.2 Å². The highest BCUT2D eigenvalue weighted by molar-refractivity contribution is 5.98. The molecule has 5 rings (SSSR count). The average molecular weight is 471 g/mol. The zero-order valence-corrected chi connectivity index (χ0v) is 19.3. The van der Waals surface area contributed by atoms with Crippen LogP contribution in [0.25, 0.3) is 11.1 Å². The summed E-state index contributed by atoms with van der Waals surface area (Å²) in [5, 5.41) is 14.7. The number of carboxylic acid groups (broad SMARTS) is 1. The summed E-state index contributed by atoms with van der Waals surface area (Å²) in [6.07, 6.45) is 1.06. The number of anilines is 1. The lowest BCUT2D eigenvalue weighted by molar-refractivity contribution is -0.118. The number of carboxylic acids is 1. The van der Waals surface area contributed by atoms with Crippen molar-refractivity contribution in [3.63, 3.8) is 0 Å². The van der Waals surface area contributed by atoms with Crippen LogP contribution in [0.2, 0.25) is 0 Å². The van der Waals surface area contributed by atoms with Gasteiger partial charge in [0.1, 0.15) is 12.6 Å². The Morgan fingerprint density at radius 1 is 0.971 bits per heavy atom. The minimum Gasteiger partial charge on any atom is -0.478 e. The Labute approximate surface area is 203 Å². The van der Waals surface area contributed by atoms with Crippen LogP contribution in [0, 0.1) is 12.8 Å². The Morgan fingerprint density at radius 3 is 2.17 bits per heavy atom. The first-order valence-corrected chi connectivity index (χ1v) is 11.7. The fourth-order valence-electron chi connectivity index (χ4n) is 4.74. The molecule has 7 heteroatoms. The molecule has 7 nitrogen and oxygen atoms in total. The number of carbonyl (C=O) groups excluding carboxylic acids is 2. The van der Waals surface area contributed by atoms with Crippen molar-refractivity contribution in [1.82, 2.24) is 5.32 Å². The third kappa shape index (κ3) is 4.62. The van der Waals surface area contributed by atoms with E-state index in [1.54, 1.807) is 13.0 Å². The van der Waals surface area contributed by atoms with Crippen molar-refractivity contribution in [2.24, 2.45) is 5.92 Å². The molecule has 0 spiro atoms. The van der Waals surface area contributed by atoms with Crippen LogP contribution in [-0.2, 0) is 9.53 Å². The summed E-state index contributed by atoms with van der Waals surface area (Å²) in [5.74, 6) is -1.38. The monoisotopic (exact) mass is 470 g/mol. The average Bonchev–Trinajstić information content (AvgIpc) is 3.64. The van der Waals surface area contributed by atoms with E-state index in [0.29, 0.717) is 11.3 Å². The maximum absolute atomic E-state index is 13.0. The number of aryl methyl sites for hydroxylation is 1. The van der Waals surface area contributed by atoms with Gasteiger partial charge in [-0.2, -0.15) is 0 Å². The molecule has 0 heterocycles. The highest BCUT2D eigenvalue weighted by atomic mass is 16.5. The summed E-state index contributed by atoms with van der Waals surface area (Å²) in [4.78, 5) is 36.9. The van der Waals surface area contributed by atoms with Crippen molar-refractivity contribution in [2.45, 2.75) is 31.7 Å². The van der Waals surface area contributed by atoms with Crippen molar-refractivity contribution in [1.29, 1.82) is 0 Å². The van der Waals surface area contributed by atoms with Crippen LogP contribution >= 0.6 is 0 Å². The largest absolute Gasteiger partial charge is 0.478 e. The lowest BCUT2D eigenvalue weighted by Gasteiger charge is -2.20. The summed E-state index contributed by atoms with van der Waals surface area (Å²) in [7, 11) is 0. The summed E-state index contributed by atoms with van der Waals surface area (Å²) < 4.78 is 5.62. The number of nitrogens with one attached hydrogen (secondary N) is 2. The second-order valence-electron chi connectivity index (χ2n) is 9.11. The predicted octanol–water partition coefficient (Wildman–Crippen LogP) is 4.95. The zero-order valence-electron chi connectivity index (χ0n) is 19.3. The standard InChI is InChI=1S/C28H26N2O5/c1-16-14-18(27(32)33)12-13-24(16)29-26(31)25(17-10-11-17)30-28(34)35-15-23-21-8-4-2-6-19(21)20-7-3-5-9-22(20)23/h2-9,12-14,17,23,25H,10-11,15H2,1H3,(H,29,31)(H,30,34)(H,32,33). The molecule has 178 valence electrons. The van der Waals surface area contributed by atoms with Gasteiger partial charge in [0.25, 0.3) is 0 Å². The number of rotatable bonds is 7. The van der Waals surface area contributed by atoms with Gasteiger partial charge in [-0.25, -0.2) is 9.59 Å². The van der Waals surface area contributed by atoms with Gasteiger partial charge < -0.3 is 20.5 Å². The molecule has 1 fully saturated rings. The van der Waals surface area contributed by atoms with Gasteiger partial charge in [0.05, 0.1) is 5.56 Å². The molecule has 35 heavy (non-hydrogen) atoms. The van der Waals surface area contributed by atoms with E-state index in [1.807, 2.05) is 24.3 Å². The Kier molecular flexibility index (Phi) is 5.99. The fraction of sp³-hybridized carbons (Fsp3) is 0.250. The van der Waals surface area contributed by atoms with Crippen LogP contribution in [-0.4, -0.2) is 35.7 Å². The minimum absolute atomic E-state index is 0.0501. The van der Waals surface area contributed by atoms with Gasteiger partial charge in [-0.1, -0.05) is 48.5 Å². The maximum Gasteiger partial charge on any atom is 0.407 e. The van der Waals surface area contributed by atoms with Gasteiger partial charge in [-0.05, 0) is 71.7 Å². The van der Waals surface area contributed by atoms with E-state index in [4.69, 9.17) is 9.84 Å². The summed E-state index contributed by atoms with van der Waals surface area (Å²) >= 11 is 0. The highest BCUT2D eigenvalue weighted by Gasteiger charge is 2.38. The SMILES string of the molecule is Cc1cc(C(=O)O)ccc1NC(=O)C(NC(=O)OCC1c2ccccc2-c2ccccc21)C1CC1. The molecule has 2 amide bonds. The van der Waals surface area contributed by atoms with Crippen LogP contribution < -0.4 is 10.6 Å². The second-order valence-corrected chi connectivity index (χ2v) is 9.11. The molecular formula is C28H26N2O5. The first-order valence-electron chi connectivity index (χ1n) is 11.7. The van der Waals surface area contributed by atoms with Crippen LogP contribution in [0.15, 0.2) is 66.7 Å². The third-order valence-corrected chi connectivity index (χ3v) is 6.72. The normalized spacial score (nSPS) is 15.0. The van der Waals surface area contributed by atoms with Crippen molar-refractivity contribution >= 4 is 23.7 Å². The van der Waals surface area contributed by atoms with Crippen molar-refractivity contribution in [3.8, 4) is 11.1 Å². The molecule has 3 N–H and O–H groups in total. The summed E-state index contributed by atoms with van der Waals surface area (Å²) in [6, 6.07) is 20.0. The zero-order chi connectivity index (χ0) is 24.5. The molecule has 3 aromatic rings. The van der Waals surface area contributed by atoms with Crippen molar-refractivity contribution in [2.75, 3.05) is 11.9 Å². The number of ether oxygens (including phenoxy) is 1. The summed E-state index contributed by atoms with van der Waals surface area (Å²) in [5.41, 5.74) is 5.84. The number of alkyl carbamates (subject to hydrolysis) is 1. The second kappa shape index (κ2) is 9.25. The molecule has 2 aliphatic rings. The van der Waals surface area contributed by atoms with Crippen LogP contribution in [0.5, 0.6) is 0 Å². The lowest BCUT2D eigenvalue weighted by Crippen LogP contribution is -2.45. The molecule has 0 radical (unpaired) electrons. The third-order valence-electron chi connectivity index (χ3n) is 6.72. The number of aromatic carboxylic acids is 1. The van der Waals surface area contributed by atoms with Crippen LogP contribution in [0.1, 0.15) is 45.8 Å². The Hall–Kier alpha value is -4.13. The van der Waals surface area contributed by atoms with E-state index >= 15 is 0 Å². The van der Waals surface area contributed by atoms with Gasteiger partial charge in [0.15, 0.2) is 0 Å². The van der Waals surface area contributed by atoms with Gasteiger partial charge in [-0.3, -0.25) is 4.79 Å². The predicted molar refractivity (Wildman–Crippen MR) is 131 cm³/mol. The van der Waals surface area contributed by atoms with Gasteiger partial charge in [0.2, 0.25) is 5.91 Å². The Balaban J connectivity index is 1.24. The molecule has 0 bridgehead atoms. The number of fused-ring (bicyclic) bond motifs is 3. The van der Waals surface area contributed by atoms with E-state index in [9.17, 15) is 14.4 Å². The smallest absolute Gasteiger partial charge is 0.407 e. The lowest BCUT2D eigenvalue weighted by atomic mass is 9.98. The molecule has 1 atom stereocenters. The first-order chi connectivity index (χ1) is 16.9. The number of carbonyl (C=O) groups is 3. The van der Waals surface area contributed by atoms with Crippen LogP contribution in [0.3, 0.4) is 0 Å². The number of benzene rings is 3. The van der Waals surface area contributed by atoms with Gasteiger partial charge in [-0.15, -0.1) is 0 Å². The van der Waals surface area contributed by atoms with E-state index in [0.717, 1.165) is 35.1 Å². The number of amides is 2. The van der Waals surface area contributed by atoms with E-state index in [-0.39, 0.29) is 29.9 Å². The number of hydrogen-bond donors (Lipinski definition) is 3. The Bertz CT molecular complexity index is 1270. The van der Waals surface area contributed by atoms with E-state index < -0.39 is 18.1 Å². The van der Waals surface area contributed by atoms with E-state index in [2.05, 4.69) is 34.9 Å². The molecule has 2 aliphatic carbocycles. The molecule has 1 unspecified atom stereocenters. The first kappa shape index (κ1) is 22.7. The minimum atomic E-state index is -1.03. The van der Waals surface area contributed by atoms with Gasteiger partial charge >= 0.3 is 12.1 Å².